The van der Waals surface area contributed by atoms with E-state index in [2.05, 4.69) is 15.6 Å². The van der Waals surface area contributed by atoms with E-state index in [4.69, 9.17) is 0 Å². The van der Waals surface area contributed by atoms with Crippen molar-refractivity contribution >= 4 is 23.4 Å². The van der Waals surface area contributed by atoms with Crippen LogP contribution in [0.25, 0.3) is 0 Å². The highest BCUT2D eigenvalue weighted by Gasteiger charge is 2.31. The lowest BCUT2D eigenvalue weighted by molar-refractivity contribution is -0.117. The van der Waals surface area contributed by atoms with Gasteiger partial charge in [0.1, 0.15) is 5.82 Å². The Bertz CT molecular complexity index is 700. The van der Waals surface area contributed by atoms with Gasteiger partial charge < -0.3 is 10.2 Å². The molecule has 1 saturated heterocycles. The van der Waals surface area contributed by atoms with Crippen molar-refractivity contribution in [3.05, 3.63) is 54.2 Å². The van der Waals surface area contributed by atoms with Crippen molar-refractivity contribution < 1.29 is 9.59 Å². The zero-order valence-corrected chi connectivity index (χ0v) is 12.8. The molecule has 1 aromatic carbocycles. The zero-order chi connectivity index (χ0) is 16.2. The third kappa shape index (κ3) is 3.66. The smallest absolute Gasteiger partial charge is 0.320 e. The van der Waals surface area contributed by atoms with E-state index in [-0.39, 0.29) is 18.0 Å². The van der Waals surface area contributed by atoms with Crippen LogP contribution in [0.4, 0.5) is 16.3 Å². The van der Waals surface area contributed by atoms with Gasteiger partial charge in [-0.25, -0.2) is 9.78 Å². The molecule has 0 bridgehead atoms. The number of urea groups is 1. The number of hydrogen-bond acceptors (Lipinski definition) is 3. The topological polar surface area (TPSA) is 74.3 Å². The maximum atomic E-state index is 12.2. The predicted molar refractivity (Wildman–Crippen MR) is 88.3 cm³/mol. The van der Waals surface area contributed by atoms with Gasteiger partial charge in [-0.3, -0.25) is 10.1 Å². The predicted octanol–water partition coefficient (Wildman–Crippen LogP) is 2.32. The highest BCUT2D eigenvalue weighted by atomic mass is 16.2. The number of aryl methyl sites for hydroxylation is 1. The summed E-state index contributed by atoms with van der Waals surface area (Å²) in [6, 6.07) is 12.5. The van der Waals surface area contributed by atoms with E-state index in [9.17, 15) is 9.59 Å². The largest absolute Gasteiger partial charge is 0.333 e. The van der Waals surface area contributed by atoms with Gasteiger partial charge in [-0.15, -0.1) is 0 Å². The summed E-state index contributed by atoms with van der Waals surface area (Å²) in [5.41, 5.74) is 2.00. The van der Waals surface area contributed by atoms with Gasteiger partial charge in [-0.1, -0.05) is 23.8 Å². The Morgan fingerprint density at radius 3 is 2.70 bits per heavy atom. The number of pyridine rings is 1. The van der Waals surface area contributed by atoms with Crippen molar-refractivity contribution in [1.29, 1.82) is 0 Å². The lowest BCUT2D eigenvalue weighted by atomic mass is 10.2. The average Bonchev–Trinajstić information content (AvgIpc) is 2.89. The highest BCUT2D eigenvalue weighted by molar-refractivity contribution is 5.97. The third-order valence-electron chi connectivity index (χ3n) is 3.71. The van der Waals surface area contributed by atoms with Crippen molar-refractivity contribution in [3.8, 4) is 0 Å². The Kier molecular flexibility index (Phi) is 4.23. The van der Waals surface area contributed by atoms with Crippen LogP contribution in [0.1, 0.15) is 12.0 Å². The monoisotopic (exact) mass is 310 g/mol. The summed E-state index contributed by atoms with van der Waals surface area (Å²) in [4.78, 5) is 29.9. The number of anilines is 2. The standard InChI is InChI=1S/C17H18N4O2/c1-12-5-7-14(8-6-12)21-11-13(10-16(21)22)19-17(23)20-15-4-2-3-9-18-15/h2-9,13H,10-11H2,1H3,(H2,18,19,20,23)/t13-/m1/s1. The molecule has 1 fully saturated rings. The first-order chi connectivity index (χ1) is 11.1. The summed E-state index contributed by atoms with van der Waals surface area (Å²) in [6.45, 7) is 2.47. The molecule has 6 heteroatoms. The molecule has 0 unspecified atom stereocenters. The number of amides is 3. The first-order valence-corrected chi connectivity index (χ1v) is 7.47. The van der Waals surface area contributed by atoms with Crippen LogP contribution in [0.3, 0.4) is 0 Å². The van der Waals surface area contributed by atoms with Crippen molar-refractivity contribution in [1.82, 2.24) is 10.3 Å². The van der Waals surface area contributed by atoms with Crippen LogP contribution in [0, 0.1) is 6.92 Å². The van der Waals surface area contributed by atoms with Crippen molar-refractivity contribution in [2.45, 2.75) is 19.4 Å². The Hall–Kier alpha value is -2.89. The average molecular weight is 310 g/mol. The molecule has 2 aromatic rings. The number of benzene rings is 1. The van der Waals surface area contributed by atoms with E-state index in [1.165, 1.54) is 0 Å². The molecule has 0 aliphatic carbocycles. The molecule has 6 nitrogen and oxygen atoms in total. The van der Waals surface area contributed by atoms with Gasteiger partial charge in [0, 0.05) is 24.8 Å². The summed E-state index contributed by atoms with van der Waals surface area (Å²) in [7, 11) is 0. The zero-order valence-electron chi connectivity index (χ0n) is 12.8. The van der Waals surface area contributed by atoms with Crippen molar-refractivity contribution in [3.63, 3.8) is 0 Å². The SMILES string of the molecule is Cc1ccc(N2C[C@H](NC(=O)Nc3ccccn3)CC2=O)cc1. The minimum atomic E-state index is -0.354. The first-order valence-electron chi connectivity index (χ1n) is 7.47. The first kappa shape index (κ1) is 15.0. The number of rotatable bonds is 3. The molecule has 1 aliphatic heterocycles. The van der Waals surface area contributed by atoms with E-state index in [1.54, 1.807) is 29.3 Å². The Labute approximate surface area is 134 Å². The molecular formula is C17H18N4O2. The van der Waals surface area contributed by atoms with Crippen LogP contribution in [0.5, 0.6) is 0 Å². The van der Waals surface area contributed by atoms with E-state index >= 15 is 0 Å². The second-order valence-corrected chi connectivity index (χ2v) is 5.55. The number of hydrogen-bond donors (Lipinski definition) is 2. The minimum absolute atomic E-state index is 0.0111. The third-order valence-corrected chi connectivity index (χ3v) is 3.71. The van der Waals surface area contributed by atoms with E-state index in [1.807, 2.05) is 31.2 Å². The minimum Gasteiger partial charge on any atom is -0.333 e. The van der Waals surface area contributed by atoms with Gasteiger partial charge in [0.15, 0.2) is 0 Å². The molecule has 1 aromatic heterocycles. The lowest BCUT2D eigenvalue weighted by Crippen LogP contribution is -2.39. The lowest BCUT2D eigenvalue weighted by Gasteiger charge is -2.17. The molecule has 0 saturated carbocycles. The molecule has 0 spiro atoms. The second-order valence-electron chi connectivity index (χ2n) is 5.55. The normalized spacial score (nSPS) is 17.2. The van der Waals surface area contributed by atoms with Gasteiger partial charge in [-0.2, -0.15) is 0 Å². The molecule has 1 atom stereocenters. The summed E-state index contributed by atoms with van der Waals surface area (Å²) >= 11 is 0. The van der Waals surface area contributed by atoms with Crippen LogP contribution < -0.4 is 15.5 Å². The number of carbonyl (C=O) groups excluding carboxylic acids is 2. The molecule has 3 rings (SSSR count). The van der Waals surface area contributed by atoms with Gasteiger partial charge in [0.05, 0.1) is 6.04 Å². The van der Waals surface area contributed by atoms with E-state index in [0.717, 1.165) is 11.3 Å². The Morgan fingerprint density at radius 2 is 2.00 bits per heavy atom. The summed E-state index contributed by atoms with van der Waals surface area (Å²) in [5, 5.41) is 5.47. The molecule has 0 radical (unpaired) electrons. The Balaban J connectivity index is 1.59. The van der Waals surface area contributed by atoms with Crippen LogP contribution in [0.15, 0.2) is 48.7 Å². The Morgan fingerprint density at radius 1 is 1.22 bits per heavy atom. The highest BCUT2D eigenvalue weighted by Crippen LogP contribution is 2.22. The maximum Gasteiger partial charge on any atom is 0.320 e. The quantitative estimate of drug-likeness (QED) is 0.913. The van der Waals surface area contributed by atoms with E-state index in [0.29, 0.717) is 18.8 Å². The fourth-order valence-corrected chi connectivity index (χ4v) is 2.55. The van der Waals surface area contributed by atoms with Gasteiger partial charge in [-0.05, 0) is 31.2 Å². The van der Waals surface area contributed by atoms with E-state index < -0.39 is 0 Å². The number of carbonyl (C=O) groups is 2. The molecule has 1 aliphatic rings. The summed E-state index contributed by atoms with van der Waals surface area (Å²) < 4.78 is 0. The van der Waals surface area contributed by atoms with Crippen LogP contribution in [0.2, 0.25) is 0 Å². The van der Waals surface area contributed by atoms with Gasteiger partial charge >= 0.3 is 6.03 Å². The fraction of sp³-hybridized carbons (Fsp3) is 0.235. The molecule has 3 amide bonds. The molecular weight excluding hydrogens is 292 g/mol. The van der Waals surface area contributed by atoms with Gasteiger partial charge in [0.25, 0.3) is 0 Å². The summed E-state index contributed by atoms with van der Waals surface area (Å²) in [6.07, 6.45) is 1.90. The van der Waals surface area contributed by atoms with Gasteiger partial charge in [0.2, 0.25) is 5.91 Å². The molecule has 23 heavy (non-hydrogen) atoms. The molecule has 2 N–H and O–H groups in total. The number of aromatic nitrogens is 1. The summed E-state index contributed by atoms with van der Waals surface area (Å²) in [5.74, 6) is 0.488. The number of nitrogens with one attached hydrogen (secondary N) is 2. The van der Waals surface area contributed by atoms with Crippen LogP contribution >= 0.6 is 0 Å². The van der Waals surface area contributed by atoms with Crippen molar-refractivity contribution in [2.24, 2.45) is 0 Å². The van der Waals surface area contributed by atoms with Crippen molar-refractivity contribution in [2.75, 3.05) is 16.8 Å². The second kappa shape index (κ2) is 6.48. The molecule has 2 heterocycles. The molecule has 118 valence electrons. The van der Waals surface area contributed by atoms with Crippen LogP contribution in [-0.4, -0.2) is 29.5 Å². The number of nitrogens with zero attached hydrogens (tertiary/aromatic N) is 2. The van der Waals surface area contributed by atoms with Crippen LogP contribution in [-0.2, 0) is 4.79 Å². The fourth-order valence-electron chi connectivity index (χ4n) is 2.55. The maximum absolute atomic E-state index is 12.2.